The molecule has 0 saturated heterocycles. The van der Waals surface area contributed by atoms with Crippen LogP contribution in [0.3, 0.4) is 0 Å². The zero-order valence-corrected chi connectivity index (χ0v) is 8.84. The molecule has 0 fully saturated rings. The summed E-state index contributed by atoms with van der Waals surface area (Å²) >= 11 is 0. The van der Waals surface area contributed by atoms with Crippen LogP contribution in [0.1, 0.15) is 19.8 Å². The van der Waals surface area contributed by atoms with Gasteiger partial charge in [0.25, 0.3) is 0 Å². The number of aromatic amines is 1. The second-order valence-electron chi connectivity index (χ2n) is 2.90. The number of unbranched alkanes of at least 4 members (excludes halogenated alkanes) is 1. The predicted molar refractivity (Wildman–Crippen MR) is 51.3 cm³/mol. The Morgan fingerprint density at radius 2 is 2.36 bits per heavy atom. The fraction of sp³-hybridized carbons (Fsp3) is 0.714. The van der Waals surface area contributed by atoms with Crippen molar-refractivity contribution in [3.8, 4) is 0 Å². The average molecular weight is 218 g/mol. The summed E-state index contributed by atoms with van der Waals surface area (Å²) < 4.78 is 22.9. The van der Waals surface area contributed by atoms with Gasteiger partial charge in [-0.3, -0.25) is 5.10 Å². The van der Waals surface area contributed by atoms with E-state index in [9.17, 15) is 8.42 Å². The highest BCUT2D eigenvalue weighted by Gasteiger charge is 2.16. The maximum absolute atomic E-state index is 11.5. The number of nitrogens with one attached hydrogen (secondary N) is 2. The Morgan fingerprint density at radius 1 is 1.57 bits per heavy atom. The van der Waals surface area contributed by atoms with Gasteiger partial charge in [-0.2, -0.15) is 5.10 Å². The van der Waals surface area contributed by atoms with E-state index in [0.717, 1.165) is 12.8 Å². The third-order valence-electron chi connectivity index (χ3n) is 1.69. The number of hydrogen-bond donors (Lipinski definition) is 2. The number of nitrogens with zero attached hydrogens (tertiary/aromatic N) is 2. The molecule has 0 unspecified atom stereocenters. The average Bonchev–Trinajstić information content (AvgIpc) is 2.65. The van der Waals surface area contributed by atoms with Crippen LogP contribution in [0.25, 0.3) is 0 Å². The molecule has 80 valence electrons. The molecule has 0 aromatic carbocycles. The normalized spacial score (nSPS) is 11.8. The zero-order valence-electron chi connectivity index (χ0n) is 8.02. The molecule has 14 heavy (non-hydrogen) atoms. The molecule has 1 rings (SSSR count). The molecule has 6 nitrogen and oxygen atoms in total. The van der Waals surface area contributed by atoms with Crippen LogP contribution in [0.2, 0.25) is 0 Å². The van der Waals surface area contributed by atoms with Crippen LogP contribution in [0.4, 0.5) is 0 Å². The predicted octanol–water partition coefficient (Wildman–Crippen LogP) is -0.0744. The van der Waals surface area contributed by atoms with Crippen molar-refractivity contribution in [2.75, 3.05) is 12.4 Å². The first kappa shape index (κ1) is 11.1. The van der Waals surface area contributed by atoms with Gasteiger partial charge in [-0.1, -0.05) is 13.3 Å². The van der Waals surface area contributed by atoms with E-state index in [4.69, 9.17) is 0 Å². The summed E-state index contributed by atoms with van der Waals surface area (Å²) in [6.45, 7) is 2.75. The number of hydrogen-bond acceptors (Lipinski definition) is 5. The molecule has 0 atom stereocenters. The smallest absolute Gasteiger partial charge is 0.244 e. The molecular weight excluding hydrogens is 204 g/mol. The number of H-pyrrole nitrogens is 1. The molecule has 0 saturated carbocycles. The Labute approximate surface area is 83.0 Å². The highest BCUT2D eigenvalue weighted by Crippen LogP contribution is 1.99. The van der Waals surface area contributed by atoms with Crippen molar-refractivity contribution in [2.24, 2.45) is 0 Å². The van der Waals surface area contributed by atoms with Crippen LogP contribution in [0.5, 0.6) is 0 Å². The Kier molecular flexibility index (Phi) is 4.02. The van der Waals surface area contributed by atoms with Crippen LogP contribution < -0.4 is 5.32 Å². The summed E-state index contributed by atoms with van der Waals surface area (Å²) in [5, 5.41) is 8.58. The van der Waals surface area contributed by atoms with E-state index in [1.807, 2.05) is 6.92 Å². The van der Waals surface area contributed by atoms with E-state index in [1.54, 1.807) is 0 Å². The lowest BCUT2D eigenvalue weighted by atomic mass is 10.3. The minimum Gasteiger partial charge on any atom is -0.303 e. The fourth-order valence-electron chi connectivity index (χ4n) is 0.921. The molecular formula is C7H14N4O2S. The van der Waals surface area contributed by atoms with Crippen LogP contribution >= 0.6 is 0 Å². The van der Waals surface area contributed by atoms with Gasteiger partial charge in [-0.15, -0.1) is 0 Å². The van der Waals surface area contributed by atoms with Crippen molar-refractivity contribution in [3.05, 3.63) is 6.33 Å². The molecule has 0 bridgehead atoms. The zero-order chi connectivity index (χ0) is 10.4. The standard InChI is InChI=1S/C7H14N4O2S/c1-2-3-4-8-6-14(12,13)7-9-5-10-11-7/h5,8H,2-4,6H2,1H3,(H,9,10,11). The molecule has 7 heteroatoms. The van der Waals surface area contributed by atoms with Crippen molar-refractivity contribution in [2.45, 2.75) is 24.9 Å². The molecule has 0 spiro atoms. The largest absolute Gasteiger partial charge is 0.303 e. The van der Waals surface area contributed by atoms with Gasteiger partial charge >= 0.3 is 0 Å². The van der Waals surface area contributed by atoms with Crippen LogP contribution in [-0.2, 0) is 9.84 Å². The highest BCUT2D eigenvalue weighted by molar-refractivity contribution is 7.91. The first-order valence-electron chi connectivity index (χ1n) is 4.45. The topological polar surface area (TPSA) is 87.7 Å². The van der Waals surface area contributed by atoms with E-state index in [-0.39, 0.29) is 11.0 Å². The van der Waals surface area contributed by atoms with Gasteiger partial charge in [-0.05, 0) is 13.0 Å². The van der Waals surface area contributed by atoms with Gasteiger partial charge in [-0.25, -0.2) is 13.4 Å². The summed E-state index contributed by atoms with van der Waals surface area (Å²) in [7, 11) is -3.34. The number of sulfone groups is 1. The maximum atomic E-state index is 11.5. The maximum Gasteiger partial charge on any atom is 0.244 e. The Morgan fingerprint density at radius 3 is 2.93 bits per heavy atom. The molecule has 0 aliphatic heterocycles. The van der Waals surface area contributed by atoms with Crippen molar-refractivity contribution in [1.29, 1.82) is 0 Å². The Balaban J connectivity index is 2.44. The van der Waals surface area contributed by atoms with Gasteiger partial charge in [0.1, 0.15) is 12.2 Å². The summed E-state index contributed by atoms with van der Waals surface area (Å²) in [6, 6.07) is 0. The van der Waals surface area contributed by atoms with Gasteiger partial charge in [0.2, 0.25) is 15.0 Å². The van der Waals surface area contributed by atoms with E-state index in [1.165, 1.54) is 6.33 Å². The lowest BCUT2D eigenvalue weighted by Gasteiger charge is -2.02. The molecule has 1 heterocycles. The monoisotopic (exact) mass is 218 g/mol. The minimum atomic E-state index is -3.34. The number of aromatic nitrogens is 3. The molecule has 1 aromatic rings. The molecule has 0 amide bonds. The fourth-order valence-corrected chi connectivity index (χ4v) is 1.87. The van der Waals surface area contributed by atoms with E-state index in [2.05, 4.69) is 20.5 Å². The molecule has 0 radical (unpaired) electrons. The van der Waals surface area contributed by atoms with Crippen molar-refractivity contribution >= 4 is 9.84 Å². The summed E-state index contributed by atoms with van der Waals surface area (Å²) in [6.07, 6.45) is 3.18. The second-order valence-corrected chi connectivity index (χ2v) is 4.81. The number of rotatable bonds is 6. The molecule has 2 N–H and O–H groups in total. The molecule has 1 aromatic heterocycles. The Bertz CT molecular complexity index is 346. The summed E-state index contributed by atoms with van der Waals surface area (Å²) in [5.41, 5.74) is 0. The van der Waals surface area contributed by atoms with Crippen molar-refractivity contribution < 1.29 is 8.42 Å². The van der Waals surface area contributed by atoms with Gasteiger partial charge in [0, 0.05) is 0 Å². The van der Waals surface area contributed by atoms with Crippen LogP contribution in [-0.4, -0.2) is 36.0 Å². The summed E-state index contributed by atoms with van der Waals surface area (Å²) in [5.74, 6) is -0.0950. The van der Waals surface area contributed by atoms with E-state index in [0.29, 0.717) is 6.54 Å². The third kappa shape index (κ3) is 3.08. The summed E-state index contributed by atoms with van der Waals surface area (Å²) in [4.78, 5) is 3.59. The highest BCUT2D eigenvalue weighted by atomic mass is 32.2. The lowest BCUT2D eigenvalue weighted by Crippen LogP contribution is -2.24. The molecule has 0 aliphatic carbocycles. The molecule has 0 aliphatic rings. The van der Waals surface area contributed by atoms with E-state index >= 15 is 0 Å². The van der Waals surface area contributed by atoms with Gasteiger partial charge < -0.3 is 5.32 Å². The van der Waals surface area contributed by atoms with Crippen molar-refractivity contribution in [1.82, 2.24) is 20.5 Å². The quantitative estimate of drug-likeness (QED) is 0.652. The Hall–Kier alpha value is -0.950. The first-order chi connectivity index (χ1) is 6.67. The van der Waals surface area contributed by atoms with Crippen LogP contribution in [0.15, 0.2) is 11.5 Å². The minimum absolute atomic E-state index is 0.0819. The first-order valence-corrected chi connectivity index (χ1v) is 6.11. The lowest BCUT2D eigenvalue weighted by molar-refractivity contribution is 0.576. The van der Waals surface area contributed by atoms with Gasteiger partial charge in [0.15, 0.2) is 0 Å². The SMILES string of the molecule is CCCCNCS(=O)(=O)c1ncn[nH]1. The van der Waals surface area contributed by atoms with E-state index < -0.39 is 9.84 Å². The van der Waals surface area contributed by atoms with Crippen molar-refractivity contribution in [3.63, 3.8) is 0 Å². The second kappa shape index (κ2) is 5.06. The third-order valence-corrected chi connectivity index (χ3v) is 3.06. The van der Waals surface area contributed by atoms with Crippen LogP contribution in [0, 0.1) is 0 Å². The van der Waals surface area contributed by atoms with Gasteiger partial charge in [0.05, 0.1) is 0 Å².